The zero-order valence-electron chi connectivity index (χ0n) is 8.04. The van der Waals surface area contributed by atoms with Gasteiger partial charge in [-0.25, -0.2) is 9.18 Å². The molecule has 0 aliphatic heterocycles. The van der Waals surface area contributed by atoms with Gasteiger partial charge in [-0.05, 0) is 31.0 Å². The summed E-state index contributed by atoms with van der Waals surface area (Å²) >= 11 is 0. The number of rotatable bonds is 2. The molecule has 0 radical (unpaired) electrons. The van der Waals surface area contributed by atoms with Crippen molar-refractivity contribution in [3.05, 3.63) is 35.1 Å². The Balaban J connectivity index is 3.33. The molecule has 4 heteroatoms. The summed E-state index contributed by atoms with van der Waals surface area (Å²) in [5.41, 5.74) is 4.61. The van der Waals surface area contributed by atoms with E-state index >= 15 is 0 Å². The molecule has 1 unspecified atom stereocenters. The molecule has 1 atom stereocenters. The molecule has 0 saturated heterocycles. The molecule has 0 aromatic heterocycles. The van der Waals surface area contributed by atoms with Crippen molar-refractivity contribution in [2.45, 2.75) is 19.4 Å². The summed E-state index contributed by atoms with van der Waals surface area (Å²) in [5.74, 6) is -1.62. The summed E-state index contributed by atoms with van der Waals surface area (Å²) < 4.78 is 13.1. The molecule has 0 saturated carbocycles. The van der Waals surface area contributed by atoms with E-state index in [9.17, 15) is 9.18 Å². The molecule has 0 spiro atoms. The summed E-state index contributed by atoms with van der Waals surface area (Å²) in [6, 6.07) is 4.25. The van der Waals surface area contributed by atoms with Gasteiger partial charge in [-0.1, -0.05) is 12.1 Å². The molecule has 1 aromatic carbocycles. The second-order valence-corrected chi connectivity index (χ2v) is 3.42. The van der Waals surface area contributed by atoms with E-state index < -0.39 is 17.3 Å². The average molecular weight is 197 g/mol. The van der Waals surface area contributed by atoms with Crippen LogP contribution in [0.5, 0.6) is 0 Å². The van der Waals surface area contributed by atoms with Gasteiger partial charge in [0.2, 0.25) is 0 Å². The van der Waals surface area contributed by atoms with Gasteiger partial charge in [0.15, 0.2) is 0 Å². The highest BCUT2D eigenvalue weighted by Crippen LogP contribution is 2.23. The van der Waals surface area contributed by atoms with Crippen LogP contribution in [0.4, 0.5) is 4.39 Å². The van der Waals surface area contributed by atoms with Crippen molar-refractivity contribution in [2.75, 3.05) is 0 Å². The molecule has 3 N–H and O–H groups in total. The molecule has 3 nitrogen and oxygen atoms in total. The van der Waals surface area contributed by atoms with E-state index in [1.54, 1.807) is 0 Å². The van der Waals surface area contributed by atoms with Crippen LogP contribution in [0.25, 0.3) is 0 Å². The van der Waals surface area contributed by atoms with Crippen LogP contribution in [0, 0.1) is 12.7 Å². The predicted molar refractivity (Wildman–Crippen MR) is 50.3 cm³/mol. The van der Waals surface area contributed by atoms with Crippen LogP contribution >= 0.6 is 0 Å². The summed E-state index contributed by atoms with van der Waals surface area (Å²) in [6.45, 7) is 2.86. The van der Waals surface area contributed by atoms with Crippen molar-refractivity contribution in [1.82, 2.24) is 0 Å². The molecule has 0 bridgehead atoms. The van der Waals surface area contributed by atoms with Gasteiger partial charge in [0, 0.05) is 0 Å². The summed E-state index contributed by atoms with van der Waals surface area (Å²) in [5, 5.41) is 8.86. The van der Waals surface area contributed by atoms with E-state index in [1.807, 2.05) is 0 Å². The first-order chi connectivity index (χ1) is 6.37. The minimum atomic E-state index is -1.55. The molecular weight excluding hydrogens is 185 g/mol. The van der Waals surface area contributed by atoms with Gasteiger partial charge in [-0.3, -0.25) is 0 Å². The fraction of sp³-hybridized carbons (Fsp3) is 0.300. The van der Waals surface area contributed by atoms with Crippen LogP contribution in [0.2, 0.25) is 0 Å². The van der Waals surface area contributed by atoms with Crippen LogP contribution in [0.15, 0.2) is 18.2 Å². The van der Waals surface area contributed by atoms with Gasteiger partial charge in [0.05, 0.1) is 0 Å². The highest BCUT2D eigenvalue weighted by molar-refractivity contribution is 5.80. The Morgan fingerprint density at radius 3 is 2.64 bits per heavy atom. The Morgan fingerprint density at radius 1 is 1.57 bits per heavy atom. The number of halogens is 1. The van der Waals surface area contributed by atoms with E-state index in [0.717, 1.165) is 0 Å². The molecule has 14 heavy (non-hydrogen) atoms. The second-order valence-electron chi connectivity index (χ2n) is 3.42. The van der Waals surface area contributed by atoms with Crippen molar-refractivity contribution in [2.24, 2.45) is 5.73 Å². The van der Waals surface area contributed by atoms with Crippen LogP contribution in [-0.2, 0) is 10.3 Å². The molecule has 76 valence electrons. The number of aliphatic carboxylic acids is 1. The van der Waals surface area contributed by atoms with E-state index in [0.29, 0.717) is 5.56 Å². The number of carboxylic acids is 1. The molecule has 0 fully saturated rings. The quantitative estimate of drug-likeness (QED) is 0.753. The molecule has 0 heterocycles. The standard InChI is InChI=1S/C10H12FNO2/c1-6-7(4-3-5-8(6)11)10(2,12)9(13)14/h3-5H,12H2,1-2H3,(H,13,14). The van der Waals surface area contributed by atoms with E-state index in [2.05, 4.69) is 0 Å². The van der Waals surface area contributed by atoms with Gasteiger partial charge in [-0.2, -0.15) is 0 Å². The molecule has 0 amide bonds. The average Bonchev–Trinajstić information content (AvgIpc) is 2.09. The third-order valence-electron chi connectivity index (χ3n) is 2.27. The Bertz CT molecular complexity index is 374. The monoisotopic (exact) mass is 197 g/mol. The fourth-order valence-electron chi connectivity index (χ4n) is 1.29. The van der Waals surface area contributed by atoms with E-state index in [-0.39, 0.29) is 5.56 Å². The van der Waals surface area contributed by atoms with Crippen molar-refractivity contribution in [3.63, 3.8) is 0 Å². The van der Waals surface area contributed by atoms with Gasteiger partial charge >= 0.3 is 5.97 Å². The Labute approximate surface area is 81.4 Å². The fourth-order valence-corrected chi connectivity index (χ4v) is 1.29. The van der Waals surface area contributed by atoms with Crippen molar-refractivity contribution in [1.29, 1.82) is 0 Å². The Hall–Kier alpha value is -1.42. The lowest BCUT2D eigenvalue weighted by molar-refractivity contribution is -0.143. The lowest BCUT2D eigenvalue weighted by Gasteiger charge is -2.21. The van der Waals surface area contributed by atoms with Gasteiger partial charge in [-0.15, -0.1) is 0 Å². The maximum atomic E-state index is 13.1. The summed E-state index contributed by atoms with van der Waals surface area (Å²) in [7, 11) is 0. The first kappa shape index (κ1) is 10.7. The largest absolute Gasteiger partial charge is 0.480 e. The number of benzene rings is 1. The maximum Gasteiger partial charge on any atom is 0.328 e. The van der Waals surface area contributed by atoms with Gasteiger partial charge in [0.25, 0.3) is 0 Å². The number of carboxylic acid groups (broad SMARTS) is 1. The second kappa shape index (κ2) is 3.38. The summed E-state index contributed by atoms with van der Waals surface area (Å²) in [4.78, 5) is 10.8. The van der Waals surface area contributed by atoms with E-state index in [4.69, 9.17) is 10.8 Å². The van der Waals surface area contributed by atoms with Crippen molar-refractivity contribution in [3.8, 4) is 0 Å². The van der Waals surface area contributed by atoms with Crippen molar-refractivity contribution < 1.29 is 14.3 Å². The number of nitrogens with two attached hydrogens (primary N) is 1. The minimum absolute atomic E-state index is 0.278. The topological polar surface area (TPSA) is 63.3 Å². The lowest BCUT2D eigenvalue weighted by Crippen LogP contribution is -2.42. The molecule has 0 aliphatic rings. The maximum absolute atomic E-state index is 13.1. The van der Waals surface area contributed by atoms with E-state index in [1.165, 1.54) is 32.0 Å². The predicted octanol–water partition coefficient (Wildman–Crippen LogP) is 1.39. The Kier molecular flexibility index (Phi) is 2.57. The van der Waals surface area contributed by atoms with Gasteiger partial charge < -0.3 is 10.8 Å². The first-order valence-electron chi connectivity index (χ1n) is 4.15. The van der Waals surface area contributed by atoms with Crippen LogP contribution in [0.1, 0.15) is 18.1 Å². The van der Waals surface area contributed by atoms with Crippen molar-refractivity contribution >= 4 is 5.97 Å². The normalized spacial score (nSPS) is 14.9. The lowest BCUT2D eigenvalue weighted by atomic mass is 9.89. The highest BCUT2D eigenvalue weighted by Gasteiger charge is 2.32. The van der Waals surface area contributed by atoms with Crippen LogP contribution in [0.3, 0.4) is 0 Å². The molecule has 1 aromatic rings. The molecular formula is C10H12FNO2. The SMILES string of the molecule is Cc1c(F)cccc1C(C)(N)C(=O)O. The number of hydrogen-bond donors (Lipinski definition) is 2. The molecule has 0 aliphatic carbocycles. The third kappa shape index (κ3) is 1.61. The first-order valence-corrected chi connectivity index (χ1v) is 4.15. The highest BCUT2D eigenvalue weighted by atomic mass is 19.1. The van der Waals surface area contributed by atoms with Crippen LogP contribution in [-0.4, -0.2) is 11.1 Å². The smallest absolute Gasteiger partial charge is 0.328 e. The third-order valence-corrected chi connectivity index (χ3v) is 2.27. The van der Waals surface area contributed by atoms with Gasteiger partial charge in [0.1, 0.15) is 11.4 Å². The number of hydrogen-bond acceptors (Lipinski definition) is 2. The Morgan fingerprint density at radius 2 is 2.14 bits per heavy atom. The minimum Gasteiger partial charge on any atom is -0.480 e. The van der Waals surface area contributed by atoms with Crippen LogP contribution < -0.4 is 5.73 Å². The zero-order valence-corrected chi connectivity index (χ0v) is 8.04. The zero-order chi connectivity index (χ0) is 10.9. The summed E-state index contributed by atoms with van der Waals surface area (Å²) in [6.07, 6.45) is 0. The molecule has 1 rings (SSSR count). The number of carbonyl (C=O) groups is 1.